The molecule has 0 unspecified atom stereocenters. The minimum absolute atomic E-state index is 0.691. The summed E-state index contributed by atoms with van der Waals surface area (Å²) in [6.45, 7) is 0. The maximum Gasteiger partial charge on any atom is 0.0506 e. The Kier molecular flexibility index (Phi) is 2.05. The van der Waals surface area contributed by atoms with Gasteiger partial charge in [-0.25, -0.2) is 0 Å². The number of anilines is 2. The van der Waals surface area contributed by atoms with E-state index >= 15 is 0 Å². The van der Waals surface area contributed by atoms with Crippen LogP contribution in [0.15, 0.2) is 48.5 Å². The number of hydrogen-bond donors (Lipinski definition) is 3. The minimum atomic E-state index is 0.691. The molecule has 0 aliphatic carbocycles. The molecule has 0 saturated carbocycles. The molecule has 0 aliphatic rings. The van der Waals surface area contributed by atoms with Crippen LogP contribution in [0.3, 0.4) is 0 Å². The third-order valence-corrected chi connectivity index (χ3v) is 2.93. The van der Waals surface area contributed by atoms with E-state index in [1.165, 1.54) is 0 Å². The average Bonchev–Trinajstić information content (AvgIpc) is 2.71. The molecule has 84 valence electrons. The lowest BCUT2D eigenvalue weighted by Gasteiger charge is -2.06. The Bertz CT molecular complexity index is 630. The van der Waals surface area contributed by atoms with Crippen LogP contribution in [-0.2, 0) is 0 Å². The van der Waals surface area contributed by atoms with E-state index in [1.807, 2.05) is 36.4 Å². The van der Waals surface area contributed by atoms with Crippen molar-refractivity contribution in [2.75, 3.05) is 11.5 Å². The Morgan fingerprint density at radius 1 is 0.824 bits per heavy atom. The van der Waals surface area contributed by atoms with Crippen LogP contribution in [0, 0.1) is 0 Å². The zero-order valence-electron chi connectivity index (χ0n) is 9.27. The van der Waals surface area contributed by atoms with Crippen molar-refractivity contribution in [3.63, 3.8) is 0 Å². The number of fused-ring (bicyclic) bond motifs is 1. The molecule has 0 fully saturated rings. The number of rotatable bonds is 1. The maximum atomic E-state index is 5.98. The number of aromatic nitrogens is 1. The molecular formula is C14H13N3. The highest BCUT2D eigenvalue weighted by molar-refractivity contribution is 5.92. The highest BCUT2D eigenvalue weighted by Gasteiger charge is 2.09. The van der Waals surface area contributed by atoms with Crippen molar-refractivity contribution in [2.45, 2.75) is 0 Å². The molecule has 3 aromatic rings. The number of nitrogens with two attached hydrogens (primary N) is 2. The van der Waals surface area contributed by atoms with E-state index in [9.17, 15) is 0 Å². The Labute approximate surface area is 99.1 Å². The number of aromatic amines is 1. The summed E-state index contributed by atoms with van der Waals surface area (Å²) in [5.74, 6) is 0. The number of para-hydroxylation sites is 1. The van der Waals surface area contributed by atoms with Crippen molar-refractivity contribution in [3.05, 3.63) is 48.5 Å². The number of H-pyrrole nitrogens is 1. The maximum absolute atomic E-state index is 5.98. The van der Waals surface area contributed by atoms with E-state index in [1.54, 1.807) is 0 Å². The highest BCUT2D eigenvalue weighted by Crippen LogP contribution is 2.32. The molecule has 3 rings (SSSR count). The molecule has 1 heterocycles. The van der Waals surface area contributed by atoms with Gasteiger partial charge in [0.2, 0.25) is 0 Å². The van der Waals surface area contributed by atoms with Gasteiger partial charge in [-0.3, -0.25) is 0 Å². The van der Waals surface area contributed by atoms with Gasteiger partial charge in [-0.2, -0.15) is 0 Å². The molecule has 3 nitrogen and oxygen atoms in total. The van der Waals surface area contributed by atoms with Gasteiger partial charge in [-0.1, -0.05) is 24.3 Å². The standard InChI is InChI=1S/C14H13N3/c15-10-5-3-6-11(16)14(10)13-8-9-4-1-2-7-12(9)17-13/h1-8,17H,15-16H2. The molecular weight excluding hydrogens is 210 g/mol. The minimum Gasteiger partial charge on any atom is -0.398 e. The van der Waals surface area contributed by atoms with Crippen LogP contribution in [0.1, 0.15) is 0 Å². The Balaban J connectivity index is 2.27. The number of hydrogen-bond acceptors (Lipinski definition) is 2. The van der Waals surface area contributed by atoms with Gasteiger partial charge >= 0.3 is 0 Å². The van der Waals surface area contributed by atoms with Crippen LogP contribution in [0.5, 0.6) is 0 Å². The van der Waals surface area contributed by atoms with Crippen LogP contribution in [-0.4, -0.2) is 4.98 Å². The van der Waals surface area contributed by atoms with Crippen molar-refractivity contribution in [1.82, 2.24) is 4.98 Å². The van der Waals surface area contributed by atoms with Gasteiger partial charge in [-0.15, -0.1) is 0 Å². The fourth-order valence-corrected chi connectivity index (χ4v) is 2.11. The molecule has 3 heteroatoms. The van der Waals surface area contributed by atoms with Gasteiger partial charge in [0.1, 0.15) is 0 Å². The highest BCUT2D eigenvalue weighted by atomic mass is 14.7. The summed E-state index contributed by atoms with van der Waals surface area (Å²) in [6.07, 6.45) is 0. The van der Waals surface area contributed by atoms with E-state index < -0.39 is 0 Å². The first kappa shape index (κ1) is 9.78. The van der Waals surface area contributed by atoms with Crippen LogP contribution in [0.4, 0.5) is 11.4 Å². The van der Waals surface area contributed by atoms with Crippen LogP contribution in [0.25, 0.3) is 22.2 Å². The zero-order chi connectivity index (χ0) is 11.8. The quantitative estimate of drug-likeness (QED) is 0.555. The van der Waals surface area contributed by atoms with Crippen molar-refractivity contribution in [1.29, 1.82) is 0 Å². The zero-order valence-corrected chi connectivity index (χ0v) is 9.27. The normalized spacial score (nSPS) is 10.8. The molecule has 1 aromatic heterocycles. The molecule has 0 saturated heterocycles. The Morgan fingerprint density at radius 2 is 1.53 bits per heavy atom. The Hall–Kier alpha value is -2.42. The smallest absolute Gasteiger partial charge is 0.0506 e. The summed E-state index contributed by atoms with van der Waals surface area (Å²) < 4.78 is 0. The second-order valence-corrected chi connectivity index (χ2v) is 4.08. The summed E-state index contributed by atoms with van der Waals surface area (Å²) in [6, 6.07) is 15.7. The predicted molar refractivity (Wildman–Crippen MR) is 72.6 cm³/mol. The fourth-order valence-electron chi connectivity index (χ4n) is 2.11. The number of benzene rings is 2. The monoisotopic (exact) mass is 223 g/mol. The molecule has 0 atom stereocenters. The fraction of sp³-hybridized carbons (Fsp3) is 0. The van der Waals surface area contributed by atoms with E-state index in [4.69, 9.17) is 11.5 Å². The summed E-state index contributed by atoms with van der Waals surface area (Å²) in [4.78, 5) is 3.33. The summed E-state index contributed by atoms with van der Waals surface area (Å²) in [5.41, 5.74) is 16.3. The van der Waals surface area contributed by atoms with Gasteiger partial charge in [0.15, 0.2) is 0 Å². The van der Waals surface area contributed by atoms with E-state index in [0.29, 0.717) is 11.4 Å². The van der Waals surface area contributed by atoms with Crippen molar-refractivity contribution >= 4 is 22.3 Å². The first-order valence-corrected chi connectivity index (χ1v) is 5.48. The van der Waals surface area contributed by atoms with Crippen LogP contribution in [0.2, 0.25) is 0 Å². The average molecular weight is 223 g/mol. The lowest BCUT2D eigenvalue weighted by Crippen LogP contribution is -1.95. The molecule has 0 spiro atoms. The summed E-state index contributed by atoms with van der Waals surface area (Å²) in [5, 5.41) is 1.16. The van der Waals surface area contributed by atoms with Crippen molar-refractivity contribution in [2.24, 2.45) is 0 Å². The molecule has 0 amide bonds. The molecule has 0 radical (unpaired) electrons. The lowest BCUT2D eigenvalue weighted by molar-refractivity contribution is 1.45. The first-order chi connectivity index (χ1) is 8.25. The molecule has 17 heavy (non-hydrogen) atoms. The largest absolute Gasteiger partial charge is 0.398 e. The van der Waals surface area contributed by atoms with Gasteiger partial charge < -0.3 is 16.5 Å². The van der Waals surface area contributed by atoms with Crippen LogP contribution < -0.4 is 11.5 Å². The van der Waals surface area contributed by atoms with Gasteiger partial charge in [-0.05, 0) is 24.3 Å². The SMILES string of the molecule is Nc1cccc(N)c1-c1cc2ccccc2[nH]1. The molecule has 5 N–H and O–H groups in total. The number of nitrogens with one attached hydrogen (secondary N) is 1. The van der Waals surface area contributed by atoms with Crippen LogP contribution >= 0.6 is 0 Å². The Morgan fingerprint density at radius 3 is 2.24 bits per heavy atom. The summed E-state index contributed by atoms with van der Waals surface area (Å²) in [7, 11) is 0. The molecule has 0 aliphatic heterocycles. The van der Waals surface area contributed by atoms with E-state index in [-0.39, 0.29) is 0 Å². The summed E-state index contributed by atoms with van der Waals surface area (Å²) >= 11 is 0. The van der Waals surface area contributed by atoms with Gasteiger partial charge in [0.05, 0.1) is 5.69 Å². The van der Waals surface area contributed by atoms with Gasteiger partial charge in [0.25, 0.3) is 0 Å². The number of nitrogen functional groups attached to an aromatic ring is 2. The topological polar surface area (TPSA) is 67.8 Å². The van der Waals surface area contributed by atoms with E-state index in [0.717, 1.165) is 22.2 Å². The van der Waals surface area contributed by atoms with E-state index in [2.05, 4.69) is 17.1 Å². The molecule has 0 bridgehead atoms. The second-order valence-electron chi connectivity index (χ2n) is 4.08. The molecule has 2 aromatic carbocycles. The predicted octanol–water partition coefficient (Wildman–Crippen LogP) is 3.00. The lowest BCUT2D eigenvalue weighted by atomic mass is 10.1. The van der Waals surface area contributed by atoms with Crippen molar-refractivity contribution < 1.29 is 0 Å². The second kappa shape index (κ2) is 3.56. The first-order valence-electron chi connectivity index (χ1n) is 5.48. The van der Waals surface area contributed by atoms with Gasteiger partial charge in [0, 0.05) is 27.8 Å². The third-order valence-electron chi connectivity index (χ3n) is 2.93. The third kappa shape index (κ3) is 1.52. The van der Waals surface area contributed by atoms with Crippen molar-refractivity contribution in [3.8, 4) is 11.3 Å².